The van der Waals surface area contributed by atoms with Gasteiger partial charge in [0.15, 0.2) is 0 Å². The third-order valence-corrected chi connectivity index (χ3v) is 4.76. The second kappa shape index (κ2) is 5.98. The average Bonchev–Trinajstić information content (AvgIpc) is 2.73. The highest BCUT2D eigenvalue weighted by atomic mass is 127. The minimum Gasteiger partial charge on any atom is -0.379 e. The summed E-state index contributed by atoms with van der Waals surface area (Å²) in [6, 6.07) is 8.85. The van der Waals surface area contributed by atoms with Gasteiger partial charge in [-0.1, -0.05) is 0 Å². The Labute approximate surface area is 130 Å². The fraction of sp³-hybridized carbons (Fsp3) is 0.0909. The minimum atomic E-state index is -0.387. The molecule has 2 aromatic rings. The number of nitro benzene ring substituents is 1. The van der Waals surface area contributed by atoms with Crippen LogP contribution in [0.3, 0.4) is 0 Å². The molecule has 4 nitrogen and oxygen atoms in total. The van der Waals surface area contributed by atoms with Gasteiger partial charge in [0.25, 0.3) is 5.69 Å². The summed E-state index contributed by atoms with van der Waals surface area (Å²) in [7, 11) is 0. The molecule has 0 bridgehead atoms. The molecule has 1 aromatic carbocycles. The van der Waals surface area contributed by atoms with Crippen molar-refractivity contribution < 1.29 is 4.92 Å². The monoisotopic (exact) mass is 438 g/mol. The van der Waals surface area contributed by atoms with Crippen LogP contribution < -0.4 is 5.32 Å². The SMILES string of the molecule is O=[N+]([O-])c1ccc(NCc2ccc(Br)s2)c(I)c1. The first-order chi connectivity index (χ1) is 8.56. The van der Waals surface area contributed by atoms with Crippen LogP contribution in [-0.2, 0) is 6.54 Å². The third kappa shape index (κ3) is 3.42. The maximum Gasteiger partial charge on any atom is 0.270 e. The van der Waals surface area contributed by atoms with Crippen LogP contribution in [0.1, 0.15) is 4.88 Å². The molecule has 0 saturated carbocycles. The van der Waals surface area contributed by atoms with Crippen LogP contribution in [0.25, 0.3) is 0 Å². The van der Waals surface area contributed by atoms with Crippen LogP contribution in [0, 0.1) is 13.7 Å². The molecule has 0 fully saturated rings. The van der Waals surface area contributed by atoms with E-state index in [1.54, 1.807) is 23.5 Å². The van der Waals surface area contributed by atoms with E-state index < -0.39 is 0 Å². The molecule has 0 unspecified atom stereocenters. The van der Waals surface area contributed by atoms with Crippen molar-refractivity contribution in [1.29, 1.82) is 0 Å². The van der Waals surface area contributed by atoms with E-state index in [1.165, 1.54) is 10.9 Å². The first kappa shape index (κ1) is 13.8. The first-order valence-corrected chi connectivity index (χ1v) is 7.67. The Bertz CT molecular complexity index is 588. The normalized spacial score (nSPS) is 10.3. The number of nitrogens with zero attached hydrogens (tertiary/aromatic N) is 1. The van der Waals surface area contributed by atoms with E-state index in [4.69, 9.17) is 0 Å². The molecule has 0 radical (unpaired) electrons. The molecular weight excluding hydrogens is 431 g/mol. The quantitative estimate of drug-likeness (QED) is 0.430. The molecule has 0 amide bonds. The van der Waals surface area contributed by atoms with Gasteiger partial charge in [0.1, 0.15) is 0 Å². The lowest BCUT2D eigenvalue weighted by molar-refractivity contribution is -0.384. The van der Waals surface area contributed by atoms with Crippen molar-refractivity contribution in [2.24, 2.45) is 0 Å². The van der Waals surface area contributed by atoms with Gasteiger partial charge < -0.3 is 5.32 Å². The summed E-state index contributed by atoms with van der Waals surface area (Å²) < 4.78 is 1.94. The van der Waals surface area contributed by atoms with Crippen LogP contribution >= 0.6 is 49.9 Å². The van der Waals surface area contributed by atoms with E-state index in [0.29, 0.717) is 6.54 Å². The Hall–Kier alpha value is -0.670. The Kier molecular flexibility index (Phi) is 4.57. The molecule has 0 saturated heterocycles. The van der Waals surface area contributed by atoms with Crippen LogP contribution in [0.15, 0.2) is 34.1 Å². The van der Waals surface area contributed by atoms with E-state index in [9.17, 15) is 10.1 Å². The number of non-ortho nitro benzene ring substituents is 1. The van der Waals surface area contributed by atoms with Crippen LogP contribution in [0.2, 0.25) is 0 Å². The summed E-state index contributed by atoms with van der Waals surface area (Å²) in [6.07, 6.45) is 0. The zero-order valence-electron chi connectivity index (χ0n) is 9.02. The smallest absolute Gasteiger partial charge is 0.270 e. The van der Waals surface area contributed by atoms with Crippen molar-refractivity contribution in [2.45, 2.75) is 6.54 Å². The number of halogens is 2. The van der Waals surface area contributed by atoms with Gasteiger partial charge in [0.05, 0.1) is 8.71 Å². The molecule has 0 aliphatic rings. The minimum absolute atomic E-state index is 0.115. The van der Waals surface area contributed by atoms with Gasteiger partial charge >= 0.3 is 0 Å². The Morgan fingerprint density at radius 3 is 2.72 bits per heavy atom. The highest BCUT2D eigenvalue weighted by molar-refractivity contribution is 14.1. The van der Waals surface area contributed by atoms with Crippen LogP contribution in [0.4, 0.5) is 11.4 Å². The molecule has 94 valence electrons. The van der Waals surface area contributed by atoms with Crippen LogP contribution in [0.5, 0.6) is 0 Å². The van der Waals surface area contributed by atoms with E-state index in [1.807, 2.05) is 12.1 Å². The molecule has 0 aliphatic heterocycles. The molecular formula is C11H8BrIN2O2S. The van der Waals surface area contributed by atoms with E-state index in [0.717, 1.165) is 13.0 Å². The van der Waals surface area contributed by atoms with Crippen molar-refractivity contribution in [3.8, 4) is 0 Å². The Morgan fingerprint density at radius 2 is 2.17 bits per heavy atom. The van der Waals surface area contributed by atoms with E-state index in [-0.39, 0.29) is 10.6 Å². The molecule has 0 aliphatic carbocycles. The lowest BCUT2D eigenvalue weighted by atomic mass is 10.3. The number of thiophene rings is 1. The van der Waals surface area contributed by atoms with Gasteiger partial charge in [-0.15, -0.1) is 11.3 Å². The third-order valence-electron chi connectivity index (χ3n) is 2.25. The number of benzene rings is 1. The molecule has 1 heterocycles. The summed E-state index contributed by atoms with van der Waals surface area (Å²) in [5.74, 6) is 0. The van der Waals surface area contributed by atoms with Gasteiger partial charge in [-0.05, 0) is 56.7 Å². The zero-order chi connectivity index (χ0) is 13.1. The summed E-state index contributed by atoms with van der Waals surface area (Å²) in [6.45, 7) is 0.712. The lowest BCUT2D eigenvalue weighted by Crippen LogP contribution is -2.00. The molecule has 18 heavy (non-hydrogen) atoms. The molecule has 0 spiro atoms. The van der Waals surface area contributed by atoms with Crippen molar-refractivity contribution in [3.05, 3.63) is 52.7 Å². The van der Waals surface area contributed by atoms with Gasteiger partial charge in [0, 0.05) is 32.8 Å². The van der Waals surface area contributed by atoms with E-state index >= 15 is 0 Å². The largest absolute Gasteiger partial charge is 0.379 e. The lowest BCUT2D eigenvalue weighted by Gasteiger charge is -2.06. The number of hydrogen-bond acceptors (Lipinski definition) is 4. The average molecular weight is 439 g/mol. The van der Waals surface area contributed by atoms with Gasteiger partial charge in [-0.3, -0.25) is 10.1 Å². The molecule has 1 aromatic heterocycles. The number of nitrogens with one attached hydrogen (secondary N) is 1. The van der Waals surface area contributed by atoms with Gasteiger partial charge in [0.2, 0.25) is 0 Å². The van der Waals surface area contributed by atoms with Crippen molar-refractivity contribution >= 4 is 61.2 Å². The van der Waals surface area contributed by atoms with Crippen molar-refractivity contribution in [3.63, 3.8) is 0 Å². The zero-order valence-corrected chi connectivity index (χ0v) is 13.6. The fourth-order valence-electron chi connectivity index (χ4n) is 1.39. The number of hydrogen-bond donors (Lipinski definition) is 1. The maximum absolute atomic E-state index is 10.6. The summed E-state index contributed by atoms with van der Waals surface area (Å²) in [5, 5.41) is 13.9. The fourth-order valence-corrected chi connectivity index (χ4v) is 3.50. The summed E-state index contributed by atoms with van der Waals surface area (Å²) in [5.41, 5.74) is 1.02. The topological polar surface area (TPSA) is 55.2 Å². The predicted molar refractivity (Wildman–Crippen MR) is 85.2 cm³/mol. The molecule has 0 atom stereocenters. The number of rotatable bonds is 4. The Balaban J connectivity index is 2.08. The number of nitro groups is 1. The standard InChI is InChI=1S/C11H8BrIN2O2S/c12-11-4-2-8(18-11)6-14-10-3-1-7(15(16)17)5-9(10)13/h1-5,14H,6H2. The second-order valence-corrected chi connectivity index (χ2v) is 7.19. The van der Waals surface area contributed by atoms with Gasteiger partial charge in [-0.25, -0.2) is 0 Å². The summed E-state index contributed by atoms with van der Waals surface area (Å²) in [4.78, 5) is 11.4. The molecule has 7 heteroatoms. The highest BCUT2D eigenvalue weighted by Crippen LogP contribution is 2.26. The number of anilines is 1. The Morgan fingerprint density at radius 1 is 1.39 bits per heavy atom. The van der Waals surface area contributed by atoms with E-state index in [2.05, 4.69) is 43.8 Å². The highest BCUT2D eigenvalue weighted by Gasteiger charge is 2.08. The van der Waals surface area contributed by atoms with Crippen LogP contribution in [-0.4, -0.2) is 4.92 Å². The second-order valence-electron chi connectivity index (χ2n) is 3.48. The predicted octanol–water partition coefficient (Wildman–Crippen LogP) is 4.64. The first-order valence-electron chi connectivity index (χ1n) is 4.98. The molecule has 1 N–H and O–H groups in total. The van der Waals surface area contributed by atoms with Crippen molar-refractivity contribution in [1.82, 2.24) is 0 Å². The molecule has 2 rings (SSSR count). The van der Waals surface area contributed by atoms with Crippen molar-refractivity contribution in [2.75, 3.05) is 5.32 Å². The maximum atomic E-state index is 10.6. The van der Waals surface area contributed by atoms with Gasteiger partial charge in [-0.2, -0.15) is 0 Å². The summed E-state index contributed by atoms with van der Waals surface area (Å²) >= 11 is 7.17.